The molecule has 112 valence electrons. The Kier molecular flexibility index (Phi) is 3.88. The summed E-state index contributed by atoms with van der Waals surface area (Å²) < 4.78 is 2.48. The van der Waals surface area contributed by atoms with Crippen LogP contribution in [0, 0.1) is 6.92 Å². The van der Waals surface area contributed by atoms with E-state index >= 15 is 0 Å². The molecule has 0 N–H and O–H groups in total. The molecule has 21 heavy (non-hydrogen) atoms. The molecule has 2 aliphatic heterocycles. The molecule has 1 aromatic rings. The number of aryl methyl sites for hydroxylation is 1. The van der Waals surface area contributed by atoms with E-state index in [1.807, 2.05) is 0 Å². The maximum absolute atomic E-state index is 2.57. The number of benzene rings is 1. The van der Waals surface area contributed by atoms with Crippen LogP contribution >= 0.6 is 0 Å². The van der Waals surface area contributed by atoms with Crippen LogP contribution < -0.4 is 0 Å². The van der Waals surface area contributed by atoms with Gasteiger partial charge in [0.1, 0.15) is 0 Å². The van der Waals surface area contributed by atoms with Crippen molar-refractivity contribution in [2.75, 3.05) is 13.1 Å². The Bertz CT molecular complexity index is 558. The Hall–Kier alpha value is -1.57. The summed E-state index contributed by atoms with van der Waals surface area (Å²) in [5, 5.41) is 0. The van der Waals surface area contributed by atoms with Gasteiger partial charge in [-0.05, 0) is 19.8 Å². The normalized spacial score (nSPS) is 21.2. The van der Waals surface area contributed by atoms with Gasteiger partial charge in [0.05, 0.1) is 6.42 Å². The van der Waals surface area contributed by atoms with Crippen LogP contribution in [0.2, 0.25) is 0 Å². The van der Waals surface area contributed by atoms with E-state index in [0.717, 1.165) is 13.0 Å². The van der Waals surface area contributed by atoms with E-state index in [-0.39, 0.29) is 5.54 Å². The van der Waals surface area contributed by atoms with Crippen molar-refractivity contribution in [3.05, 3.63) is 47.2 Å². The topological polar surface area (TPSA) is 6.25 Å². The minimum atomic E-state index is 0.192. The molecule has 0 bridgehead atoms. The highest BCUT2D eigenvalue weighted by molar-refractivity contribution is 5.68. The van der Waals surface area contributed by atoms with Crippen molar-refractivity contribution in [2.24, 2.45) is 0 Å². The van der Waals surface area contributed by atoms with Gasteiger partial charge in [-0.2, -0.15) is 0 Å². The number of hydrogen-bond donors (Lipinski definition) is 0. The highest BCUT2D eigenvalue weighted by Crippen LogP contribution is 2.28. The Labute approximate surface area is 128 Å². The van der Waals surface area contributed by atoms with Crippen molar-refractivity contribution in [3.63, 3.8) is 0 Å². The maximum Gasteiger partial charge on any atom is 0.168 e. The summed E-state index contributed by atoms with van der Waals surface area (Å²) in [5.41, 5.74) is 4.44. The van der Waals surface area contributed by atoms with Gasteiger partial charge in [0, 0.05) is 44.3 Å². The molecule has 2 aliphatic rings. The summed E-state index contributed by atoms with van der Waals surface area (Å²) in [4.78, 5) is 2.57. The molecule has 0 radical (unpaired) electrons. The summed E-state index contributed by atoms with van der Waals surface area (Å²) in [6.45, 7) is 10.4. The van der Waals surface area contributed by atoms with Crippen LogP contribution in [-0.4, -0.2) is 34.3 Å². The first kappa shape index (κ1) is 14.4. The molecule has 0 aliphatic carbocycles. The molecule has 1 saturated heterocycles. The fourth-order valence-electron chi connectivity index (χ4n) is 3.36. The second-order valence-corrected chi connectivity index (χ2v) is 7.10. The molecule has 0 aromatic heterocycles. The molecule has 0 amide bonds. The standard InChI is InChI=1S/C19H27N2/c1-16-6-8-17(9-7-16)15-21-13-10-18(14-19(21,2)3)20-11-4-5-12-20/h6-10,13H,4-5,11-12,14-15H2,1-3H3/q+1. The first-order valence-corrected chi connectivity index (χ1v) is 8.16. The smallest absolute Gasteiger partial charge is 0.168 e. The molecule has 0 spiro atoms. The average Bonchev–Trinajstić information content (AvgIpc) is 2.97. The summed E-state index contributed by atoms with van der Waals surface area (Å²) >= 11 is 0. The van der Waals surface area contributed by atoms with Crippen LogP contribution in [0.1, 0.15) is 44.2 Å². The van der Waals surface area contributed by atoms with E-state index in [1.54, 1.807) is 0 Å². The second kappa shape index (κ2) is 5.67. The van der Waals surface area contributed by atoms with E-state index in [1.165, 1.54) is 42.8 Å². The molecule has 1 aromatic carbocycles. The number of hydrogen-bond acceptors (Lipinski definition) is 1. The highest BCUT2D eigenvalue weighted by Gasteiger charge is 2.35. The number of allylic oxidation sites excluding steroid dienone is 1. The average molecular weight is 283 g/mol. The van der Waals surface area contributed by atoms with E-state index in [4.69, 9.17) is 0 Å². The zero-order chi connectivity index (χ0) is 14.9. The van der Waals surface area contributed by atoms with Crippen molar-refractivity contribution in [2.45, 2.75) is 52.1 Å². The van der Waals surface area contributed by atoms with Gasteiger partial charge in [0.25, 0.3) is 0 Å². The van der Waals surface area contributed by atoms with Crippen molar-refractivity contribution in [1.29, 1.82) is 0 Å². The summed E-state index contributed by atoms with van der Waals surface area (Å²) in [6, 6.07) is 8.91. The number of nitrogens with zero attached hydrogens (tertiary/aromatic N) is 2. The third kappa shape index (κ3) is 3.20. The summed E-state index contributed by atoms with van der Waals surface area (Å²) in [7, 11) is 0. The van der Waals surface area contributed by atoms with Gasteiger partial charge in [-0.1, -0.05) is 29.8 Å². The largest absolute Gasteiger partial charge is 0.374 e. The lowest BCUT2D eigenvalue weighted by Crippen LogP contribution is -2.41. The molecule has 1 fully saturated rings. The van der Waals surface area contributed by atoms with Crippen molar-refractivity contribution in [1.82, 2.24) is 4.90 Å². The van der Waals surface area contributed by atoms with E-state index in [0.29, 0.717) is 0 Å². The zero-order valence-electron chi connectivity index (χ0n) is 13.6. The van der Waals surface area contributed by atoms with Gasteiger partial charge in [0.2, 0.25) is 0 Å². The van der Waals surface area contributed by atoms with Crippen LogP contribution in [0.15, 0.2) is 36.0 Å². The molecule has 0 saturated carbocycles. The zero-order valence-corrected chi connectivity index (χ0v) is 13.6. The van der Waals surface area contributed by atoms with Gasteiger partial charge in [-0.15, -0.1) is 0 Å². The molecule has 3 rings (SSSR count). The molecule has 0 atom stereocenters. The van der Waals surface area contributed by atoms with Crippen LogP contribution in [0.3, 0.4) is 0 Å². The third-order valence-corrected chi connectivity index (χ3v) is 4.82. The van der Waals surface area contributed by atoms with Crippen LogP contribution in [-0.2, 0) is 6.54 Å². The Morgan fingerprint density at radius 3 is 2.38 bits per heavy atom. The van der Waals surface area contributed by atoms with Gasteiger partial charge in [0.15, 0.2) is 18.3 Å². The number of rotatable bonds is 3. The first-order valence-electron chi connectivity index (χ1n) is 8.16. The minimum Gasteiger partial charge on any atom is -0.374 e. The molecule has 2 heterocycles. The van der Waals surface area contributed by atoms with Gasteiger partial charge >= 0.3 is 0 Å². The molecule has 0 unspecified atom stereocenters. The monoisotopic (exact) mass is 283 g/mol. The van der Waals surface area contributed by atoms with E-state index in [2.05, 4.69) is 66.8 Å². The Balaban J connectivity index is 1.78. The molecule has 2 heteroatoms. The second-order valence-electron chi connectivity index (χ2n) is 7.10. The van der Waals surface area contributed by atoms with Crippen molar-refractivity contribution >= 4 is 6.21 Å². The predicted molar refractivity (Wildman–Crippen MR) is 88.8 cm³/mol. The lowest BCUT2D eigenvalue weighted by molar-refractivity contribution is -0.612. The van der Waals surface area contributed by atoms with Crippen LogP contribution in [0.5, 0.6) is 0 Å². The van der Waals surface area contributed by atoms with Gasteiger partial charge < -0.3 is 4.90 Å². The quantitative estimate of drug-likeness (QED) is 0.766. The SMILES string of the molecule is Cc1ccc(C[N+]2=CC=C(N3CCCC3)CC2(C)C)cc1. The van der Waals surface area contributed by atoms with Crippen molar-refractivity contribution < 1.29 is 4.58 Å². The van der Waals surface area contributed by atoms with E-state index in [9.17, 15) is 0 Å². The Morgan fingerprint density at radius 1 is 1.10 bits per heavy atom. The van der Waals surface area contributed by atoms with Crippen LogP contribution in [0.25, 0.3) is 0 Å². The van der Waals surface area contributed by atoms with Gasteiger partial charge in [-0.25, -0.2) is 4.58 Å². The maximum atomic E-state index is 2.57. The summed E-state index contributed by atoms with van der Waals surface area (Å²) in [5.74, 6) is 0. The van der Waals surface area contributed by atoms with Crippen LogP contribution in [0.4, 0.5) is 0 Å². The lowest BCUT2D eigenvalue weighted by Gasteiger charge is -2.31. The summed E-state index contributed by atoms with van der Waals surface area (Å²) in [6.07, 6.45) is 8.49. The fraction of sp³-hybridized carbons (Fsp3) is 0.526. The lowest BCUT2D eigenvalue weighted by atomic mass is 9.93. The van der Waals surface area contributed by atoms with Crippen molar-refractivity contribution in [3.8, 4) is 0 Å². The first-order chi connectivity index (χ1) is 10.0. The molecular formula is C19H27N2+. The fourth-order valence-corrected chi connectivity index (χ4v) is 3.36. The van der Waals surface area contributed by atoms with Gasteiger partial charge in [-0.3, -0.25) is 0 Å². The number of likely N-dealkylation sites (tertiary alicyclic amines) is 1. The third-order valence-electron chi connectivity index (χ3n) is 4.82. The minimum absolute atomic E-state index is 0.192. The molecule has 2 nitrogen and oxygen atoms in total. The predicted octanol–water partition coefficient (Wildman–Crippen LogP) is 3.74. The molecular weight excluding hydrogens is 256 g/mol. The Morgan fingerprint density at radius 2 is 1.76 bits per heavy atom. The van der Waals surface area contributed by atoms with E-state index < -0.39 is 0 Å². The highest BCUT2D eigenvalue weighted by atomic mass is 15.2.